The summed E-state index contributed by atoms with van der Waals surface area (Å²) in [5.41, 5.74) is 0. The molecule has 0 N–H and O–H groups in total. The smallest absolute Gasteiger partial charge is 0.853 e. The average Bonchev–Trinajstić information content (AvgIpc) is 2.39. The van der Waals surface area contributed by atoms with E-state index in [4.69, 9.17) is 18.9 Å². The van der Waals surface area contributed by atoms with Crippen LogP contribution in [0.1, 0.15) is 13.8 Å². The van der Waals surface area contributed by atoms with E-state index in [1.54, 1.807) is 0 Å². The zero-order valence-electron chi connectivity index (χ0n) is 12.9. The standard InChI is InChI=1S/C13H25O6.K/c1-12(2)13(15)11-19-10-9-18-8-7-17-6-5-16-4-3-14;/h12H,3-11H2,1-2H3;/q-1;+1. The summed E-state index contributed by atoms with van der Waals surface area (Å²) in [5.74, 6) is 0.111. The van der Waals surface area contributed by atoms with Gasteiger partial charge in [0.25, 0.3) is 0 Å². The van der Waals surface area contributed by atoms with Crippen LogP contribution in [-0.4, -0.2) is 65.2 Å². The summed E-state index contributed by atoms with van der Waals surface area (Å²) in [6.07, 6.45) is 0. The first kappa shape index (κ1) is 23.4. The van der Waals surface area contributed by atoms with Crippen molar-refractivity contribution in [3.8, 4) is 0 Å². The second-order valence-corrected chi connectivity index (χ2v) is 4.21. The van der Waals surface area contributed by atoms with Crippen molar-refractivity contribution in [2.45, 2.75) is 13.8 Å². The summed E-state index contributed by atoms with van der Waals surface area (Å²) >= 11 is 0. The molecule has 7 heteroatoms. The van der Waals surface area contributed by atoms with E-state index in [1.807, 2.05) is 13.8 Å². The van der Waals surface area contributed by atoms with Crippen molar-refractivity contribution in [3.63, 3.8) is 0 Å². The molecule has 0 bridgehead atoms. The van der Waals surface area contributed by atoms with Crippen molar-refractivity contribution < 1.29 is 80.2 Å². The van der Waals surface area contributed by atoms with E-state index < -0.39 is 0 Å². The Morgan fingerprint density at radius 3 is 1.65 bits per heavy atom. The van der Waals surface area contributed by atoms with Gasteiger partial charge < -0.3 is 24.1 Å². The maximum atomic E-state index is 11.2. The van der Waals surface area contributed by atoms with Crippen molar-refractivity contribution in [2.75, 3.05) is 59.5 Å². The van der Waals surface area contributed by atoms with E-state index >= 15 is 0 Å². The van der Waals surface area contributed by atoms with Crippen molar-refractivity contribution >= 4 is 5.78 Å². The van der Waals surface area contributed by atoms with Crippen LogP contribution in [0.3, 0.4) is 0 Å². The van der Waals surface area contributed by atoms with Gasteiger partial charge in [-0.05, 0) is 0 Å². The third kappa shape index (κ3) is 17.2. The Kier molecular flexibility index (Phi) is 21.2. The first-order valence-corrected chi connectivity index (χ1v) is 6.60. The van der Waals surface area contributed by atoms with Gasteiger partial charge >= 0.3 is 51.4 Å². The van der Waals surface area contributed by atoms with Crippen LogP contribution >= 0.6 is 0 Å². The second kappa shape index (κ2) is 18.2. The van der Waals surface area contributed by atoms with E-state index in [0.29, 0.717) is 39.6 Å². The van der Waals surface area contributed by atoms with Gasteiger partial charge in [0.15, 0.2) is 5.78 Å². The van der Waals surface area contributed by atoms with Gasteiger partial charge in [0.05, 0.1) is 39.6 Å². The third-order valence-corrected chi connectivity index (χ3v) is 2.23. The minimum atomic E-state index is -0.220. The fourth-order valence-corrected chi connectivity index (χ4v) is 1.06. The number of carbonyl (C=O) groups excluding carboxylic acids is 1. The number of ketones is 1. The Hall–Kier alpha value is 1.11. The minimum Gasteiger partial charge on any atom is -0.853 e. The SMILES string of the molecule is CC(C)C(=O)COCCOCCOCCOCC[O-].[K+]. The topological polar surface area (TPSA) is 77.1 Å². The van der Waals surface area contributed by atoms with Gasteiger partial charge in [0.2, 0.25) is 0 Å². The van der Waals surface area contributed by atoms with Crippen LogP contribution in [0, 0.1) is 5.92 Å². The Morgan fingerprint density at radius 2 is 1.25 bits per heavy atom. The monoisotopic (exact) mass is 316 g/mol. The summed E-state index contributed by atoms with van der Waals surface area (Å²) in [5, 5.41) is 10.1. The van der Waals surface area contributed by atoms with E-state index in [9.17, 15) is 9.90 Å². The molecular formula is C13H25KO6. The van der Waals surface area contributed by atoms with Gasteiger partial charge in [-0.15, -0.1) is 6.61 Å². The van der Waals surface area contributed by atoms with Crippen molar-refractivity contribution in [3.05, 3.63) is 0 Å². The number of ether oxygens (including phenoxy) is 4. The van der Waals surface area contributed by atoms with Crippen LogP contribution in [0.2, 0.25) is 0 Å². The molecule has 0 unspecified atom stereocenters. The zero-order valence-corrected chi connectivity index (χ0v) is 16.0. The molecule has 0 aliphatic rings. The Morgan fingerprint density at radius 1 is 0.850 bits per heavy atom. The van der Waals surface area contributed by atoms with E-state index in [2.05, 4.69) is 0 Å². The normalized spacial score (nSPS) is 10.6. The number of carbonyl (C=O) groups is 1. The van der Waals surface area contributed by atoms with Crippen molar-refractivity contribution in [2.24, 2.45) is 5.92 Å². The maximum Gasteiger partial charge on any atom is 1.00 e. The molecular weight excluding hydrogens is 291 g/mol. The van der Waals surface area contributed by atoms with Gasteiger partial charge in [-0.25, -0.2) is 0 Å². The van der Waals surface area contributed by atoms with Crippen molar-refractivity contribution in [1.29, 1.82) is 0 Å². The third-order valence-electron chi connectivity index (χ3n) is 2.23. The van der Waals surface area contributed by atoms with Crippen LogP contribution in [0.15, 0.2) is 0 Å². The predicted molar refractivity (Wildman–Crippen MR) is 68.0 cm³/mol. The maximum absolute atomic E-state index is 11.2. The van der Waals surface area contributed by atoms with Crippen LogP contribution in [0.4, 0.5) is 0 Å². The number of hydrogen-bond donors (Lipinski definition) is 0. The number of Topliss-reactive ketones (excluding diaryl/α,β-unsaturated/α-hetero) is 1. The fourth-order valence-electron chi connectivity index (χ4n) is 1.06. The minimum absolute atomic E-state index is 0. The summed E-state index contributed by atoms with van der Waals surface area (Å²) < 4.78 is 20.6. The van der Waals surface area contributed by atoms with Crippen LogP contribution in [-0.2, 0) is 23.7 Å². The molecule has 0 aromatic rings. The second-order valence-electron chi connectivity index (χ2n) is 4.21. The molecule has 20 heavy (non-hydrogen) atoms. The molecule has 0 amide bonds. The molecule has 0 saturated heterocycles. The molecule has 0 fully saturated rings. The van der Waals surface area contributed by atoms with Crippen molar-refractivity contribution in [1.82, 2.24) is 0 Å². The van der Waals surface area contributed by atoms with E-state index in [-0.39, 0.29) is 82.9 Å². The van der Waals surface area contributed by atoms with Crippen LogP contribution in [0.5, 0.6) is 0 Å². The van der Waals surface area contributed by atoms with Gasteiger partial charge in [-0.3, -0.25) is 4.79 Å². The zero-order chi connectivity index (χ0) is 14.3. The summed E-state index contributed by atoms with van der Waals surface area (Å²) in [4.78, 5) is 11.2. The molecule has 0 aliphatic heterocycles. The van der Waals surface area contributed by atoms with E-state index in [1.165, 1.54) is 0 Å². The first-order chi connectivity index (χ1) is 9.18. The van der Waals surface area contributed by atoms with Gasteiger partial charge in [-0.1, -0.05) is 13.8 Å². The average molecular weight is 316 g/mol. The van der Waals surface area contributed by atoms with Crippen LogP contribution < -0.4 is 56.5 Å². The molecule has 6 nitrogen and oxygen atoms in total. The van der Waals surface area contributed by atoms with Gasteiger partial charge in [0, 0.05) is 12.5 Å². The van der Waals surface area contributed by atoms with E-state index in [0.717, 1.165) is 0 Å². The first-order valence-electron chi connectivity index (χ1n) is 6.60. The molecule has 0 heterocycles. The molecule has 0 saturated carbocycles. The van der Waals surface area contributed by atoms with Crippen LogP contribution in [0.25, 0.3) is 0 Å². The number of hydrogen-bond acceptors (Lipinski definition) is 6. The molecule has 0 rings (SSSR count). The Bertz CT molecular complexity index is 213. The van der Waals surface area contributed by atoms with Gasteiger partial charge in [-0.2, -0.15) is 0 Å². The molecule has 0 aromatic carbocycles. The molecule has 0 atom stereocenters. The summed E-state index contributed by atoms with van der Waals surface area (Å²) in [6.45, 7) is 6.55. The molecule has 0 spiro atoms. The van der Waals surface area contributed by atoms with Gasteiger partial charge in [0.1, 0.15) is 6.61 Å². The Labute approximate surface area is 163 Å². The Balaban J connectivity index is 0. The summed E-state index contributed by atoms with van der Waals surface area (Å²) in [6, 6.07) is 0. The molecule has 0 aliphatic carbocycles. The largest absolute Gasteiger partial charge is 1.00 e. The number of rotatable bonds is 14. The molecule has 114 valence electrons. The fraction of sp³-hybridized carbons (Fsp3) is 0.923. The molecule has 0 radical (unpaired) electrons. The molecule has 0 aromatic heterocycles. The predicted octanol–water partition coefficient (Wildman–Crippen LogP) is -3.36. The quantitative estimate of drug-likeness (QED) is 0.246. The summed E-state index contributed by atoms with van der Waals surface area (Å²) in [7, 11) is 0.